The van der Waals surface area contributed by atoms with Crippen LogP contribution in [0.2, 0.25) is 0 Å². The van der Waals surface area contributed by atoms with Gasteiger partial charge < -0.3 is 9.73 Å². The summed E-state index contributed by atoms with van der Waals surface area (Å²) in [6.07, 6.45) is 2.53. The summed E-state index contributed by atoms with van der Waals surface area (Å²) < 4.78 is 5.82. The van der Waals surface area contributed by atoms with Gasteiger partial charge in [-0.3, -0.25) is 0 Å². The van der Waals surface area contributed by atoms with Crippen molar-refractivity contribution in [2.24, 2.45) is 11.8 Å². The minimum atomic E-state index is 0.699. The number of rotatable bonds is 6. The molecule has 1 aliphatic rings. The average Bonchev–Trinajstić information content (AvgIpc) is 2.79. The summed E-state index contributed by atoms with van der Waals surface area (Å²) in [6.45, 7) is 8.73. The molecule has 2 rings (SSSR count). The molecule has 0 radical (unpaired) electrons. The Morgan fingerprint density at radius 2 is 2.19 bits per heavy atom. The number of hydrogen-bond donors (Lipinski definition) is 1. The minimum absolute atomic E-state index is 0.699. The highest BCUT2D eigenvalue weighted by Gasteiger charge is 2.36. The summed E-state index contributed by atoms with van der Waals surface area (Å²) in [5.41, 5.74) is 0. The molecule has 1 aromatic rings. The van der Waals surface area contributed by atoms with Crippen LogP contribution in [0.5, 0.6) is 0 Å². The van der Waals surface area contributed by atoms with Crippen LogP contribution < -0.4 is 5.32 Å². The van der Waals surface area contributed by atoms with Gasteiger partial charge in [-0.15, -0.1) is 0 Å². The quantitative estimate of drug-likeness (QED) is 0.743. The molecular formula is C14H23NO. The van der Waals surface area contributed by atoms with Crippen LogP contribution >= 0.6 is 0 Å². The van der Waals surface area contributed by atoms with Gasteiger partial charge in [-0.1, -0.05) is 20.8 Å². The van der Waals surface area contributed by atoms with Gasteiger partial charge in [0.05, 0.1) is 6.54 Å². The van der Waals surface area contributed by atoms with Gasteiger partial charge in [-0.25, -0.2) is 0 Å². The SMILES string of the molecule is CC(C)CCNCc1ccc(C2CC2C)o1. The van der Waals surface area contributed by atoms with Gasteiger partial charge in [0.2, 0.25) is 0 Å². The van der Waals surface area contributed by atoms with Crippen molar-refractivity contribution in [3.8, 4) is 0 Å². The fourth-order valence-corrected chi connectivity index (χ4v) is 2.01. The molecular weight excluding hydrogens is 198 g/mol. The average molecular weight is 221 g/mol. The lowest BCUT2D eigenvalue weighted by Gasteiger charge is -2.05. The first-order chi connectivity index (χ1) is 7.66. The number of furan rings is 1. The molecule has 1 aromatic heterocycles. The Bertz CT molecular complexity index is 329. The van der Waals surface area contributed by atoms with Gasteiger partial charge >= 0.3 is 0 Å². The first kappa shape index (κ1) is 11.7. The second kappa shape index (κ2) is 5.05. The van der Waals surface area contributed by atoms with Crippen LogP contribution in [0.1, 0.15) is 51.1 Å². The largest absolute Gasteiger partial charge is 0.464 e. The first-order valence-electron chi connectivity index (χ1n) is 6.46. The van der Waals surface area contributed by atoms with Crippen molar-refractivity contribution >= 4 is 0 Å². The van der Waals surface area contributed by atoms with E-state index in [0.717, 1.165) is 30.7 Å². The zero-order valence-corrected chi connectivity index (χ0v) is 10.6. The standard InChI is InChI=1S/C14H23NO/c1-10(2)6-7-15-9-12-4-5-14(16-12)13-8-11(13)3/h4-5,10-11,13,15H,6-9H2,1-3H3. The van der Waals surface area contributed by atoms with E-state index in [1.165, 1.54) is 18.6 Å². The van der Waals surface area contributed by atoms with Crippen molar-refractivity contribution in [1.29, 1.82) is 0 Å². The summed E-state index contributed by atoms with van der Waals surface area (Å²) in [5, 5.41) is 3.42. The van der Waals surface area contributed by atoms with E-state index >= 15 is 0 Å². The fraction of sp³-hybridized carbons (Fsp3) is 0.714. The van der Waals surface area contributed by atoms with Gasteiger partial charge in [0, 0.05) is 5.92 Å². The Hall–Kier alpha value is -0.760. The molecule has 1 fully saturated rings. The molecule has 0 aliphatic heterocycles. The van der Waals surface area contributed by atoms with Gasteiger partial charge in [0.1, 0.15) is 11.5 Å². The second-order valence-corrected chi connectivity index (χ2v) is 5.48. The van der Waals surface area contributed by atoms with E-state index in [9.17, 15) is 0 Å². The van der Waals surface area contributed by atoms with E-state index in [2.05, 4.69) is 38.2 Å². The topological polar surface area (TPSA) is 25.2 Å². The Morgan fingerprint density at radius 1 is 1.44 bits per heavy atom. The molecule has 90 valence electrons. The van der Waals surface area contributed by atoms with Crippen LogP contribution in [0.4, 0.5) is 0 Å². The predicted octanol–water partition coefficient (Wildman–Crippen LogP) is 3.54. The molecule has 0 bridgehead atoms. The van der Waals surface area contributed by atoms with Crippen molar-refractivity contribution in [2.75, 3.05) is 6.54 Å². The lowest BCUT2D eigenvalue weighted by Crippen LogP contribution is -2.15. The Balaban J connectivity index is 1.71. The monoisotopic (exact) mass is 221 g/mol. The van der Waals surface area contributed by atoms with E-state index in [-0.39, 0.29) is 0 Å². The zero-order valence-electron chi connectivity index (χ0n) is 10.6. The molecule has 2 nitrogen and oxygen atoms in total. The molecule has 1 saturated carbocycles. The molecule has 2 unspecified atom stereocenters. The van der Waals surface area contributed by atoms with Crippen molar-refractivity contribution in [3.05, 3.63) is 23.7 Å². The first-order valence-corrected chi connectivity index (χ1v) is 6.46. The van der Waals surface area contributed by atoms with Crippen molar-refractivity contribution in [1.82, 2.24) is 5.32 Å². The summed E-state index contributed by atoms with van der Waals surface area (Å²) in [6, 6.07) is 4.26. The van der Waals surface area contributed by atoms with Crippen molar-refractivity contribution < 1.29 is 4.42 Å². The van der Waals surface area contributed by atoms with Crippen molar-refractivity contribution in [3.63, 3.8) is 0 Å². The van der Waals surface area contributed by atoms with E-state index in [1.54, 1.807) is 0 Å². The van der Waals surface area contributed by atoms with Crippen LogP contribution in [0, 0.1) is 11.8 Å². The number of nitrogens with one attached hydrogen (secondary N) is 1. The maximum absolute atomic E-state index is 5.82. The van der Waals surface area contributed by atoms with E-state index in [0.29, 0.717) is 5.92 Å². The van der Waals surface area contributed by atoms with Gasteiger partial charge in [-0.05, 0) is 43.4 Å². The summed E-state index contributed by atoms with van der Waals surface area (Å²) >= 11 is 0. The maximum atomic E-state index is 5.82. The molecule has 0 saturated heterocycles. The molecule has 1 aliphatic carbocycles. The molecule has 16 heavy (non-hydrogen) atoms. The van der Waals surface area contributed by atoms with E-state index in [1.807, 2.05) is 0 Å². The molecule has 2 atom stereocenters. The van der Waals surface area contributed by atoms with Crippen LogP contribution in [-0.4, -0.2) is 6.54 Å². The predicted molar refractivity (Wildman–Crippen MR) is 66.4 cm³/mol. The van der Waals surface area contributed by atoms with Gasteiger partial charge in [0.15, 0.2) is 0 Å². The molecule has 0 amide bonds. The lowest BCUT2D eigenvalue weighted by atomic mass is 10.1. The summed E-state index contributed by atoms with van der Waals surface area (Å²) in [7, 11) is 0. The fourth-order valence-electron chi connectivity index (χ4n) is 2.01. The zero-order chi connectivity index (χ0) is 11.5. The minimum Gasteiger partial charge on any atom is -0.464 e. The molecule has 0 spiro atoms. The lowest BCUT2D eigenvalue weighted by molar-refractivity contribution is 0.436. The Morgan fingerprint density at radius 3 is 2.81 bits per heavy atom. The highest BCUT2D eigenvalue weighted by Crippen LogP contribution is 2.47. The molecule has 1 heterocycles. The molecule has 0 aromatic carbocycles. The number of hydrogen-bond acceptors (Lipinski definition) is 2. The van der Waals surface area contributed by atoms with Crippen LogP contribution in [-0.2, 0) is 6.54 Å². The summed E-state index contributed by atoms with van der Waals surface area (Å²) in [5.74, 6) is 4.57. The third-order valence-electron chi connectivity index (χ3n) is 3.36. The highest BCUT2D eigenvalue weighted by atomic mass is 16.3. The second-order valence-electron chi connectivity index (χ2n) is 5.48. The smallest absolute Gasteiger partial charge is 0.117 e. The Kier molecular flexibility index (Phi) is 3.70. The summed E-state index contributed by atoms with van der Waals surface area (Å²) in [4.78, 5) is 0. The van der Waals surface area contributed by atoms with E-state index in [4.69, 9.17) is 4.42 Å². The third kappa shape index (κ3) is 3.11. The van der Waals surface area contributed by atoms with Crippen molar-refractivity contribution in [2.45, 2.75) is 46.1 Å². The van der Waals surface area contributed by atoms with Crippen LogP contribution in [0.15, 0.2) is 16.5 Å². The van der Waals surface area contributed by atoms with Gasteiger partial charge in [-0.2, -0.15) is 0 Å². The highest BCUT2D eigenvalue weighted by molar-refractivity contribution is 5.17. The van der Waals surface area contributed by atoms with Crippen LogP contribution in [0.25, 0.3) is 0 Å². The molecule has 1 N–H and O–H groups in total. The Labute approximate surface area is 98.4 Å². The third-order valence-corrected chi connectivity index (χ3v) is 3.36. The normalized spacial score (nSPS) is 24.0. The van der Waals surface area contributed by atoms with Gasteiger partial charge in [0.25, 0.3) is 0 Å². The van der Waals surface area contributed by atoms with Crippen LogP contribution in [0.3, 0.4) is 0 Å². The van der Waals surface area contributed by atoms with E-state index < -0.39 is 0 Å². The maximum Gasteiger partial charge on any atom is 0.117 e. The molecule has 2 heteroatoms.